The zero-order valence-corrected chi connectivity index (χ0v) is 15.5. The van der Waals surface area contributed by atoms with Gasteiger partial charge in [-0.15, -0.1) is 11.6 Å². The number of hydrogen-bond donors (Lipinski definition) is 1. The molecule has 0 saturated carbocycles. The third-order valence-corrected chi connectivity index (χ3v) is 5.11. The summed E-state index contributed by atoms with van der Waals surface area (Å²) in [6, 6.07) is 0.115. The van der Waals surface area contributed by atoms with E-state index >= 15 is 0 Å². The molecule has 1 rings (SSSR count). The first-order valence-corrected chi connectivity index (χ1v) is 8.93. The monoisotopic (exact) mass is 330 g/mol. The van der Waals surface area contributed by atoms with Gasteiger partial charge >= 0.3 is 0 Å². The molecule has 128 valence electrons. The van der Waals surface area contributed by atoms with Crippen LogP contribution in [0, 0.1) is 17.3 Å². The third kappa shape index (κ3) is 3.95. The number of ether oxygens (including phenoxy) is 1. The molecule has 2 atom stereocenters. The summed E-state index contributed by atoms with van der Waals surface area (Å²) in [6.45, 7) is 13.0. The first-order valence-electron chi connectivity index (χ1n) is 8.40. The highest BCUT2D eigenvalue weighted by Crippen LogP contribution is 2.33. The van der Waals surface area contributed by atoms with Gasteiger partial charge in [-0.25, -0.2) is 4.99 Å². The first-order chi connectivity index (χ1) is 10.3. The maximum Gasteiger partial charge on any atom is 0.235 e. The van der Waals surface area contributed by atoms with Gasteiger partial charge in [0.2, 0.25) is 5.91 Å². The Morgan fingerprint density at radius 2 is 1.95 bits per heavy atom. The Labute approximate surface area is 140 Å². The average Bonchev–Trinajstić information content (AvgIpc) is 2.96. The standard InChI is InChI=1S/C17H31ClN2O2/c1-7-17(8-2,15(21)19-13(9-18)11(3)4)16-20-14(10-22-16)12(5)6/h11-14H,7-10H2,1-6H3,(H,19,21)/t13-,14-/m1/s1. The maximum atomic E-state index is 12.9. The molecule has 0 unspecified atom stereocenters. The molecule has 0 spiro atoms. The highest BCUT2D eigenvalue weighted by atomic mass is 35.5. The number of rotatable bonds is 8. The molecule has 0 aromatic rings. The van der Waals surface area contributed by atoms with E-state index < -0.39 is 5.41 Å². The van der Waals surface area contributed by atoms with Crippen molar-refractivity contribution in [2.45, 2.75) is 66.5 Å². The normalized spacial score (nSPS) is 20.0. The van der Waals surface area contributed by atoms with Gasteiger partial charge in [-0.1, -0.05) is 41.5 Å². The molecular formula is C17H31ClN2O2. The van der Waals surface area contributed by atoms with Gasteiger partial charge in [-0.3, -0.25) is 4.79 Å². The molecule has 4 nitrogen and oxygen atoms in total. The minimum absolute atomic E-state index is 0.0139. The highest BCUT2D eigenvalue weighted by molar-refractivity contribution is 6.18. The Morgan fingerprint density at radius 3 is 2.32 bits per heavy atom. The lowest BCUT2D eigenvalue weighted by Gasteiger charge is -2.32. The van der Waals surface area contributed by atoms with Gasteiger partial charge in [-0.2, -0.15) is 0 Å². The van der Waals surface area contributed by atoms with E-state index in [9.17, 15) is 4.79 Å². The van der Waals surface area contributed by atoms with Gasteiger partial charge in [-0.05, 0) is 24.7 Å². The van der Waals surface area contributed by atoms with E-state index in [1.54, 1.807) is 0 Å². The van der Waals surface area contributed by atoms with Crippen molar-refractivity contribution < 1.29 is 9.53 Å². The van der Waals surface area contributed by atoms with Crippen molar-refractivity contribution in [1.29, 1.82) is 0 Å². The second-order valence-electron chi connectivity index (χ2n) is 6.82. The summed E-state index contributed by atoms with van der Waals surface area (Å²) in [5.74, 6) is 1.71. The molecule has 0 aromatic heterocycles. The fraction of sp³-hybridized carbons (Fsp3) is 0.882. The summed E-state index contributed by atoms with van der Waals surface area (Å²) >= 11 is 5.99. The van der Waals surface area contributed by atoms with Crippen LogP contribution < -0.4 is 5.32 Å². The summed E-state index contributed by atoms with van der Waals surface area (Å²) in [6.07, 6.45) is 1.35. The van der Waals surface area contributed by atoms with Crippen molar-refractivity contribution >= 4 is 23.4 Å². The van der Waals surface area contributed by atoms with E-state index in [4.69, 9.17) is 21.3 Å². The Balaban J connectivity index is 3.00. The molecule has 1 aliphatic heterocycles. The fourth-order valence-corrected chi connectivity index (χ4v) is 3.09. The van der Waals surface area contributed by atoms with Crippen molar-refractivity contribution in [3.05, 3.63) is 0 Å². The SMILES string of the molecule is CCC(CC)(C(=O)N[C@H](CCl)C(C)C)C1=N[C@@H](C(C)C)CO1. The lowest BCUT2D eigenvalue weighted by molar-refractivity contribution is -0.129. The molecule has 0 fully saturated rings. The molecule has 1 N–H and O–H groups in total. The largest absolute Gasteiger partial charge is 0.478 e. The van der Waals surface area contributed by atoms with E-state index in [0.717, 1.165) is 0 Å². The molecule has 1 aliphatic rings. The number of nitrogens with one attached hydrogen (secondary N) is 1. The van der Waals surface area contributed by atoms with Gasteiger partial charge in [0, 0.05) is 11.9 Å². The topological polar surface area (TPSA) is 50.7 Å². The van der Waals surface area contributed by atoms with E-state index in [1.165, 1.54) is 0 Å². The van der Waals surface area contributed by atoms with Crippen LogP contribution in [0.25, 0.3) is 0 Å². The van der Waals surface area contributed by atoms with Gasteiger partial charge in [0.25, 0.3) is 0 Å². The Bertz CT molecular complexity index is 403. The van der Waals surface area contributed by atoms with Gasteiger partial charge in [0.15, 0.2) is 5.90 Å². The van der Waals surface area contributed by atoms with Crippen LogP contribution in [0.15, 0.2) is 4.99 Å². The summed E-state index contributed by atoms with van der Waals surface area (Å²) in [5, 5.41) is 3.10. The number of alkyl halides is 1. The average molecular weight is 331 g/mol. The molecule has 1 heterocycles. The van der Waals surface area contributed by atoms with Crippen LogP contribution in [0.3, 0.4) is 0 Å². The first kappa shape index (κ1) is 19.3. The van der Waals surface area contributed by atoms with Crippen LogP contribution in [0.2, 0.25) is 0 Å². The highest BCUT2D eigenvalue weighted by Gasteiger charge is 2.45. The summed E-state index contributed by atoms with van der Waals surface area (Å²) in [4.78, 5) is 17.6. The number of halogens is 1. The Morgan fingerprint density at radius 1 is 1.36 bits per heavy atom. The van der Waals surface area contributed by atoms with Crippen molar-refractivity contribution in [1.82, 2.24) is 5.32 Å². The van der Waals surface area contributed by atoms with E-state index in [0.29, 0.717) is 43.1 Å². The molecule has 1 amide bonds. The summed E-state index contributed by atoms with van der Waals surface area (Å²) in [5.41, 5.74) is -0.678. The van der Waals surface area contributed by atoms with Gasteiger partial charge in [0.1, 0.15) is 12.0 Å². The molecule has 0 aliphatic carbocycles. The van der Waals surface area contributed by atoms with Crippen LogP contribution >= 0.6 is 11.6 Å². The van der Waals surface area contributed by atoms with Crippen molar-refractivity contribution in [2.24, 2.45) is 22.2 Å². The molecule has 5 heteroatoms. The zero-order chi connectivity index (χ0) is 16.9. The minimum atomic E-state index is -0.678. The molecule has 0 saturated heterocycles. The van der Waals surface area contributed by atoms with Crippen LogP contribution in [0.1, 0.15) is 54.4 Å². The molecule has 22 heavy (non-hydrogen) atoms. The molecule has 0 radical (unpaired) electrons. The number of nitrogens with zero attached hydrogens (tertiary/aromatic N) is 1. The number of hydrogen-bond acceptors (Lipinski definition) is 3. The van der Waals surface area contributed by atoms with E-state index in [1.807, 2.05) is 13.8 Å². The van der Waals surface area contributed by atoms with Crippen molar-refractivity contribution in [3.63, 3.8) is 0 Å². The lowest BCUT2D eigenvalue weighted by Crippen LogP contribution is -2.51. The predicted octanol–water partition coefficient (Wildman–Crippen LogP) is 3.63. The fourth-order valence-electron chi connectivity index (χ4n) is 2.65. The van der Waals surface area contributed by atoms with E-state index in [-0.39, 0.29) is 18.0 Å². The molecule has 0 aromatic carbocycles. The second kappa shape index (κ2) is 8.19. The van der Waals surface area contributed by atoms with Crippen LogP contribution in [0.5, 0.6) is 0 Å². The zero-order valence-electron chi connectivity index (χ0n) is 14.8. The number of carbonyl (C=O) groups is 1. The number of aliphatic imine (C=N–C) groups is 1. The molecule has 0 bridgehead atoms. The van der Waals surface area contributed by atoms with E-state index in [2.05, 4.69) is 33.0 Å². The van der Waals surface area contributed by atoms with Crippen molar-refractivity contribution in [2.75, 3.05) is 12.5 Å². The number of carbonyl (C=O) groups excluding carboxylic acids is 1. The smallest absolute Gasteiger partial charge is 0.235 e. The Kier molecular flexibility index (Phi) is 7.17. The lowest BCUT2D eigenvalue weighted by atomic mass is 9.80. The maximum absolute atomic E-state index is 12.9. The van der Waals surface area contributed by atoms with Gasteiger partial charge < -0.3 is 10.1 Å². The Hall–Kier alpha value is -0.770. The minimum Gasteiger partial charge on any atom is -0.478 e. The van der Waals surface area contributed by atoms with Gasteiger partial charge in [0.05, 0.1) is 6.04 Å². The number of amides is 1. The van der Waals surface area contributed by atoms with Crippen molar-refractivity contribution in [3.8, 4) is 0 Å². The van der Waals surface area contributed by atoms with Crippen LogP contribution in [-0.4, -0.2) is 36.4 Å². The van der Waals surface area contributed by atoms with Crippen LogP contribution in [0.4, 0.5) is 0 Å². The molecular weight excluding hydrogens is 300 g/mol. The second-order valence-corrected chi connectivity index (χ2v) is 7.13. The predicted molar refractivity (Wildman–Crippen MR) is 92.5 cm³/mol. The third-order valence-electron chi connectivity index (χ3n) is 4.78. The van der Waals surface area contributed by atoms with Crippen LogP contribution in [-0.2, 0) is 9.53 Å². The quantitative estimate of drug-likeness (QED) is 0.691. The summed E-state index contributed by atoms with van der Waals surface area (Å²) in [7, 11) is 0. The summed E-state index contributed by atoms with van der Waals surface area (Å²) < 4.78 is 5.83.